The number of carbonyl (C=O) groups is 1. The molecule has 0 amide bonds. The molecule has 1 aromatic rings. The van der Waals surface area contributed by atoms with Gasteiger partial charge < -0.3 is 0 Å². The van der Waals surface area contributed by atoms with Gasteiger partial charge in [-0.3, -0.25) is 9.69 Å². The van der Waals surface area contributed by atoms with E-state index in [1.165, 1.54) is 24.8 Å². The zero-order valence-electron chi connectivity index (χ0n) is 19.4. The predicted octanol–water partition coefficient (Wildman–Crippen LogP) is 4.75. The minimum absolute atomic E-state index is 0. The molecule has 1 saturated carbocycles. The van der Waals surface area contributed by atoms with Crippen LogP contribution in [0.25, 0.3) is 0 Å². The lowest BCUT2D eigenvalue weighted by molar-refractivity contribution is 0.0165. The number of aryl methyl sites for hydroxylation is 2. The molecule has 0 radical (unpaired) electrons. The summed E-state index contributed by atoms with van der Waals surface area (Å²) in [4.78, 5) is 15.5. The van der Waals surface area contributed by atoms with Crippen molar-refractivity contribution in [3.05, 3.63) is 34.9 Å². The summed E-state index contributed by atoms with van der Waals surface area (Å²) in [6.07, 6.45) is 8.01. The second-order valence-corrected chi connectivity index (χ2v) is 11.3. The van der Waals surface area contributed by atoms with Crippen molar-refractivity contribution in [1.29, 1.82) is 0 Å². The van der Waals surface area contributed by atoms with Gasteiger partial charge in [0.25, 0.3) is 0 Å². The van der Waals surface area contributed by atoms with Crippen molar-refractivity contribution in [3.8, 4) is 0 Å². The molecule has 2 aliphatic rings. The first-order valence-electron chi connectivity index (χ1n) is 11.6. The minimum atomic E-state index is -3.12. The first-order chi connectivity index (χ1) is 14.3. The van der Waals surface area contributed by atoms with Crippen molar-refractivity contribution < 1.29 is 13.2 Å². The Kier molecular flexibility index (Phi) is 9.56. The molecule has 0 N–H and O–H groups in total. The van der Waals surface area contributed by atoms with Gasteiger partial charge >= 0.3 is 0 Å². The predicted molar refractivity (Wildman–Crippen MR) is 130 cm³/mol. The van der Waals surface area contributed by atoms with Gasteiger partial charge in [-0.1, -0.05) is 49.9 Å². The van der Waals surface area contributed by atoms with Gasteiger partial charge in [0, 0.05) is 43.7 Å². The van der Waals surface area contributed by atoms with Crippen LogP contribution in [0.4, 0.5) is 0 Å². The van der Waals surface area contributed by atoms with E-state index in [1.54, 1.807) is 4.31 Å². The highest BCUT2D eigenvalue weighted by Crippen LogP contribution is 2.38. The lowest BCUT2D eigenvalue weighted by Gasteiger charge is -2.50. The van der Waals surface area contributed by atoms with Crippen molar-refractivity contribution in [2.45, 2.75) is 77.7 Å². The van der Waals surface area contributed by atoms with Gasteiger partial charge in [0.2, 0.25) is 10.0 Å². The van der Waals surface area contributed by atoms with E-state index in [9.17, 15) is 13.2 Å². The fourth-order valence-corrected chi connectivity index (χ4v) is 6.86. The summed E-state index contributed by atoms with van der Waals surface area (Å²) < 4.78 is 26.5. The number of halogens is 1. The van der Waals surface area contributed by atoms with Gasteiger partial charge in [-0.15, -0.1) is 12.4 Å². The Bertz CT molecular complexity index is 842. The fourth-order valence-electron chi connectivity index (χ4n) is 5.37. The maximum Gasteiger partial charge on any atom is 0.214 e. The molecule has 1 aliphatic carbocycles. The van der Waals surface area contributed by atoms with E-state index < -0.39 is 10.0 Å². The van der Waals surface area contributed by atoms with Crippen molar-refractivity contribution in [2.75, 3.05) is 31.9 Å². The molecule has 176 valence electrons. The van der Waals surface area contributed by atoms with Crippen LogP contribution in [0.15, 0.2) is 18.2 Å². The highest BCUT2D eigenvalue weighted by molar-refractivity contribution is 7.89. The Morgan fingerprint density at radius 2 is 1.68 bits per heavy atom. The van der Waals surface area contributed by atoms with Crippen molar-refractivity contribution in [3.63, 3.8) is 0 Å². The quantitative estimate of drug-likeness (QED) is 0.514. The number of rotatable bonds is 8. The molecule has 1 aliphatic heterocycles. The molecule has 0 bridgehead atoms. The molecule has 1 aromatic carbocycles. The Morgan fingerprint density at radius 1 is 1.03 bits per heavy atom. The number of nitrogens with zero attached hydrogens (tertiary/aromatic N) is 2. The molecule has 1 saturated heterocycles. The Labute approximate surface area is 195 Å². The molecule has 0 spiro atoms. The lowest BCUT2D eigenvalue weighted by atomic mass is 9.76. The number of sulfonamides is 1. The third-order valence-electron chi connectivity index (χ3n) is 7.05. The summed E-state index contributed by atoms with van der Waals surface area (Å²) in [6.45, 7) is 8.70. The third-order valence-corrected chi connectivity index (χ3v) is 9.13. The van der Waals surface area contributed by atoms with Crippen LogP contribution in [0, 0.1) is 13.8 Å². The first-order valence-corrected chi connectivity index (χ1v) is 13.2. The molecule has 3 rings (SSSR count). The van der Waals surface area contributed by atoms with Crippen LogP contribution >= 0.6 is 12.4 Å². The number of Topliss-reactive ketones (excluding diaryl/α,β-unsaturated/α-hetero) is 1. The van der Waals surface area contributed by atoms with Crippen LogP contribution in [0.1, 0.15) is 79.8 Å². The minimum Gasteiger partial charge on any atom is -0.295 e. The zero-order chi connectivity index (χ0) is 21.8. The molecule has 31 heavy (non-hydrogen) atoms. The maximum absolute atomic E-state index is 13.0. The van der Waals surface area contributed by atoms with E-state index in [4.69, 9.17) is 0 Å². The van der Waals surface area contributed by atoms with Crippen molar-refractivity contribution >= 4 is 28.2 Å². The summed E-state index contributed by atoms with van der Waals surface area (Å²) >= 11 is 0. The van der Waals surface area contributed by atoms with Gasteiger partial charge in [0.05, 0.1) is 5.75 Å². The van der Waals surface area contributed by atoms with E-state index in [1.807, 2.05) is 26.0 Å². The SMILES string of the molecule is CCCS(=O)(=O)N1CCN(C2(CCC(=O)c3ccc(C)cc3C)CCCCC2)CC1.Cl. The Balaban J connectivity index is 0.00000341. The number of benzene rings is 1. The number of ketones is 1. The molecule has 1 heterocycles. The largest absolute Gasteiger partial charge is 0.295 e. The molecule has 5 nitrogen and oxygen atoms in total. The molecular formula is C24H39ClN2O3S. The number of carbonyl (C=O) groups excluding carboxylic acids is 1. The van der Waals surface area contributed by atoms with Crippen LogP contribution in [0.3, 0.4) is 0 Å². The standard InChI is InChI=1S/C24H38N2O3S.ClH/c1-4-18-30(28,29)26-16-14-25(15-17-26)24(11-6-5-7-12-24)13-10-23(27)22-9-8-20(2)19-21(22)3;/h8-9,19H,4-7,10-18H2,1-3H3;1H. The van der Waals surface area contributed by atoms with Gasteiger partial charge in [0.15, 0.2) is 5.78 Å². The number of piperazine rings is 1. The van der Waals surface area contributed by atoms with Crippen molar-refractivity contribution in [1.82, 2.24) is 9.21 Å². The highest BCUT2D eigenvalue weighted by atomic mass is 35.5. The molecular weight excluding hydrogens is 432 g/mol. The summed E-state index contributed by atoms with van der Waals surface area (Å²) in [5, 5.41) is 0. The molecule has 0 aromatic heterocycles. The number of hydrogen-bond acceptors (Lipinski definition) is 4. The smallest absolute Gasteiger partial charge is 0.214 e. The molecule has 0 atom stereocenters. The molecule has 7 heteroatoms. The number of hydrogen-bond donors (Lipinski definition) is 0. The summed E-state index contributed by atoms with van der Waals surface area (Å²) in [7, 11) is -3.12. The monoisotopic (exact) mass is 470 g/mol. The van der Waals surface area contributed by atoms with E-state index in [0.717, 1.165) is 43.5 Å². The van der Waals surface area contributed by atoms with E-state index in [-0.39, 0.29) is 29.5 Å². The average molecular weight is 471 g/mol. The van der Waals surface area contributed by atoms with Crippen LogP contribution in [0.2, 0.25) is 0 Å². The molecule has 0 unspecified atom stereocenters. The van der Waals surface area contributed by atoms with E-state index in [2.05, 4.69) is 17.9 Å². The zero-order valence-corrected chi connectivity index (χ0v) is 21.0. The van der Waals surface area contributed by atoms with E-state index in [0.29, 0.717) is 25.9 Å². The van der Waals surface area contributed by atoms with Crippen LogP contribution < -0.4 is 0 Å². The van der Waals surface area contributed by atoms with E-state index >= 15 is 0 Å². The van der Waals surface area contributed by atoms with Crippen molar-refractivity contribution in [2.24, 2.45) is 0 Å². The normalized spacial score (nSPS) is 20.2. The summed E-state index contributed by atoms with van der Waals surface area (Å²) in [6, 6.07) is 6.07. The molecule has 2 fully saturated rings. The fraction of sp³-hybridized carbons (Fsp3) is 0.708. The van der Waals surface area contributed by atoms with Crippen LogP contribution in [0.5, 0.6) is 0 Å². The van der Waals surface area contributed by atoms with Crippen LogP contribution in [-0.2, 0) is 10.0 Å². The summed E-state index contributed by atoms with van der Waals surface area (Å²) in [5.41, 5.74) is 3.14. The topological polar surface area (TPSA) is 57.7 Å². The average Bonchev–Trinajstić information content (AvgIpc) is 2.73. The first kappa shape index (κ1) is 26.3. The maximum atomic E-state index is 13.0. The van der Waals surface area contributed by atoms with Crippen LogP contribution in [-0.4, -0.2) is 60.9 Å². The highest BCUT2D eigenvalue weighted by Gasteiger charge is 2.40. The van der Waals surface area contributed by atoms with Gasteiger partial charge in [-0.2, -0.15) is 4.31 Å². The van der Waals surface area contributed by atoms with Gasteiger partial charge in [-0.05, 0) is 45.1 Å². The lowest BCUT2D eigenvalue weighted by Crippen LogP contribution is -2.58. The third kappa shape index (κ3) is 6.31. The van der Waals surface area contributed by atoms with Gasteiger partial charge in [0.1, 0.15) is 0 Å². The Morgan fingerprint density at radius 3 is 2.26 bits per heavy atom. The second kappa shape index (κ2) is 11.3. The second-order valence-electron chi connectivity index (χ2n) is 9.23. The van der Waals surface area contributed by atoms with Gasteiger partial charge in [-0.25, -0.2) is 8.42 Å². The Hall–Kier alpha value is -0.950. The summed E-state index contributed by atoms with van der Waals surface area (Å²) in [5.74, 6) is 0.476.